The summed E-state index contributed by atoms with van der Waals surface area (Å²) in [5.74, 6) is -1.74. The predicted molar refractivity (Wildman–Crippen MR) is 75.1 cm³/mol. The number of carboxylic acid groups (broad SMARTS) is 1. The van der Waals surface area contributed by atoms with Crippen molar-refractivity contribution in [3.05, 3.63) is 11.6 Å². The van der Waals surface area contributed by atoms with Crippen molar-refractivity contribution < 1.29 is 19.4 Å². The van der Waals surface area contributed by atoms with Crippen molar-refractivity contribution in [1.29, 1.82) is 0 Å². The van der Waals surface area contributed by atoms with Crippen LogP contribution in [0, 0.1) is 22.7 Å². The van der Waals surface area contributed by atoms with Crippen LogP contribution in [0.2, 0.25) is 0 Å². The third-order valence-corrected chi connectivity index (χ3v) is 5.50. The van der Waals surface area contributed by atoms with Crippen LogP contribution in [-0.2, 0) is 14.3 Å². The minimum absolute atomic E-state index is 0.125. The Hall–Kier alpha value is -1.32. The summed E-state index contributed by atoms with van der Waals surface area (Å²) in [5, 5.41) is 9.41. The molecule has 1 N–H and O–H groups in total. The van der Waals surface area contributed by atoms with Crippen LogP contribution in [0.3, 0.4) is 0 Å². The zero-order valence-corrected chi connectivity index (χ0v) is 12.7. The number of fused-ring (bicyclic) bond motifs is 1. The number of methoxy groups -OCH3 is 1. The zero-order chi connectivity index (χ0) is 15.1. The van der Waals surface area contributed by atoms with E-state index in [9.17, 15) is 14.7 Å². The van der Waals surface area contributed by atoms with Gasteiger partial charge < -0.3 is 9.84 Å². The number of esters is 1. The van der Waals surface area contributed by atoms with E-state index in [2.05, 4.69) is 20.8 Å². The van der Waals surface area contributed by atoms with Crippen LogP contribution in [0.4, 0.5) is 0 Å². The normalized spacial score (nSPS) is 35.7. The van der Waals surface area contributed by atoms with Crippen molar-refractivity contribution in [2.45, 2.75) is 46.5 Å². The van der Waals surface area contributed by atoms with Gasteiger partial charge in [0, 0.05) is 5.57 Å². The van der Waals surface area contributed by atoms with Gasteiger partial charge in [0.2, 0.25) is 0 Å². The molecule has 0 spiro atoms. The van der Waals surface area contributed by atoms with Gasteiger partial charge in [0.05, 0.1) is 13.0 Å². The number of hydrogen-bond acceptors (Lipinski definition) is 3. The molecule has 0 radical (unpaired) electrons. The Kier molecular flexibility index (Phi) is 3.69. The van der Waals surface area contributed by atoms with Gasteiger partial charge in [0.1, 0.15) is 0 Å². The first-order chi connectivity index (χ1) is 9.24. The van der Waals surface area contributed by atoms with E-state index in [1.54, 1.807) is 6.08 Å². The molecule has 1 saturated carbocycles. The summed E-state index contributed by atoms with van der Waals surface area (Å²) in [6.07, 6.45) is 5.51. The standard InChI is InChI=1S/C16H24O4/c1-15(2)8-5-9-16(3)11(15)7-6-10(13(17)18)12(16)14(19)20-4/h6,11-12H,5,7-9H2,1-4H3,(H,17,18). The predicted octanol–water partition coefficient (Wildman–Crippen LogP) is 3.02. The lowest BCUT2D eigenvalue weighted by atomic mass is 9.48. The molecule has 4 heteroatoms. The highest BCUT2D eigenvalue weighted by molar-refractivity contribution is 5.95. The van der Waals surface area contributed by atoms with Gasteiger partial charge in [-0.25, -0.2) is 4.79 Å². The minimum Gasteiger partial charge on any atom is -0.478 e. The van der Waals surface area contributed by atoms with E-state index >= 15 is 0 Å². The van der Waals surface area contributed by atoms with E-state index < -0.39 is 17.9 Å². The third kappa shape index (κ3) is 2.15. The second-order valence-corrected chi connectivity index (χ2v) is 7.06. The molecule has 3 atom stereocenters. The van der Waals surface area contributed by atoms with Gasteiger partial charge in [-0.2, -0.15) is 0 Å². The van der Waals surface area contributed by atoms with Crippen molar-refractivity contribution in [2.24, 2.45) is 22.7 Å². The number of carbonyl (C=O) groups is 2. The maximum atomic E-state index is 12.2. The number of aliphatic carboxylic acids is 1. The van der Waals surface area contributed by atoms with Crippen molar-refractivity contribution in [3.8, 4) is 0 Å². The monoisotopic (exact) mass is 280 g/mol. The first kappa shape index (κ1) is 15.1. The summed E-state index contributed by atoms with van der Waals surface area (Å²) in [7, 11) is 1.34. The lowest BCUT2D eigenvalue weighted by molar-refractivity contribution is -0.157. The summed E-state index contributed by atoms with van der Waals surface area (Å²) in [5.41, 5.74) is 0.0187. The maximum Gasteiger partial charge on any atom is 0.332 e. The molecule has 112 valence electrons. The molecule has 0 aromatic rings. The summed E-state index contributed by atoms with van der Waals surface area (Å²) >= 11 is 0. The number of carboxylic acids is 1. The molecule has 0 bridgehead atoms. The van der Waals surface area contributed by atoms with Gasteiger partial charge >= 0.3 is 11.9 Å². The van der Waals surface area contributed by atoms with E-state index in [1.165, 1.54) is 7.11 Å². The van der Waals surface area contributed by atoms with Gasteiger partial charge in [0.15, 0.2) is 0 Å². The molecule has 2 aliphatic rings. The van der Waals surface area contributed by atoms with Gasteiger partial charge in [0.25, 0.3) is 0 Å². The number of allylic oxidation sites excluding steroid dienone is 1. The molecule has 2 rings (SSSR count). The van der Waals surface area contributed by atoms with E-state index in [0.717, 1.165) is 25.7 Å². The highest BCUT2D eigenvalue weighted by Crippen LogP contribution is 2.59. The smallest absolute Gasteiger partial charge is 0.332 e. The summed E-state index contributed by atoms with van der Waals surface area (Å²) < 4.78 is 4.91. The van der Waals surface area contributed by atoms with E-state index in [-0.39, 0.29) is 16.4 Å². The van der Waals surface area contributed by atoms with E-state index in [0.29, 0.717) is 5.92 Å². The molecule has 2 aliphatic carbocycles. The average Bonchev–Trinajstić information content (AvgIpc) is 2.35. The fourth-order valence-electron chi connectivity index (χ4n) is 4.54. The molecule has 3 unspecified atom stereocenters. The van der Waals surface area contributed by atoms with Crippen LogP contribution < -0.4 is 0 Å². The summed E-state index contributed by atoms with van der Waals surface area (Å²) in [4.78, 5) is 23.7. The van der Waals surface area contributed by atoms with Gasteiger partial charge in [-0.15, -0.1) is 0 Å². The topological polar surface area (TPSA) is 63.6 Å². The summed E-state index contributed by atoms with van der Waals surface area (Å²) in [6.45, 7) is 6.52. The molecule has 4 nitrogen and oxygen atoms in total. The second-order valence-electron chi connectivity index (χ2n) is 7.06. The van der Waals surface area contributed by atoms with Crippen LogP contribution in [0.5, 0.6) is 0 Å². The lowest BCUT2D eigenvalue weighted by Crippen LogP contribution is -2.52. The molecule has 0 aromatic heterocycles. The fourth-order valence-corrected chi connectivity index (χ4v) is 4.54. The Balaban J connectivity index is 2.52. The number of hydrogen-bond donors (Lipinski definition) is 1. The van der Waals surface area contributed by atoms with Crippen LogP contribution >= 0.6 is 0 Å². The second kappa shape index (κ2) is 4.90. The lowest BCUT2D eigenvalue weighted by Gasteiger charge is -2.55. The highest BCUT2D eigenvalue weighted by atomic mass is 16.5. The van der Waals surface area contributed by atoms with Crippen LogP contribution in [0.15, 0.2) is 11.6 Å². The molecule has 0 aliphatic heterocycles. The number of rotatable bonds is 2. The molecule has 0 saturated heterocycles. The molecule has 0 aromatic carbocycles. The van der Waals surface area contributed by atoms with E-state index in [4.69, 9.17) is 4.74 Å². The molecular formula is C16H24O4. The Bertz CT molecular complexity index is 463. The van der Waals surface area contributed by atoms with Crippen molar-refractivity contribution in [3.63, 3.8) is 0 Å². The van der Waals surface area contributed by atoms with Crippen molar-refractivity contribution in [1.82, 2.24) is 0 Å². The van der Waals surface area contributed by atoms with Gasteiger partial charge in [-0.05, 0) is 36.0 Å². The molecular weight excluding hydrogens is 256 g/mol. The largest absolute Gasteiger partial charge is 0.478 e. The average molecular weight is 280 g/mol. The highest BCUT2D eigenvalue weighted by Gasteiger charge is 2.56. The Labute approximate surface area is 120 Å². The Morgan fingerprint density at radius 2 is 1.95 bits per heavy atom. The van der Waals surface area contributed by atoms with Gasteiger partial charge in [-0.1, -0.05) is 33.3 Å². The molecule has 0 heterocycles. The van der Waals surface area contributed by atoms with Gasteiger partial charge in [-0.3, -0.25) is 4.79 Å². The first-order valence-corrected chi connectivity index (χ1v) is 7.25. The number of carbonyl (C=O) groups excluding carboxylic acids is 1. The molecule has 20 heavy (non-hydrogen) atoms. The SMILES string of the molecule is COC(=O)C1C(C(=O)O)=CCC2C(C)(C)CCCC12C. The van der Waals surface area contributed by atoms with Crippen LogP contribution in [-0.4, -0.2) is 24.2 Å². The van der Waals surface area contributed by atoms with Crippen molar-refractivity contribution in [2.75, 3.05) is 7.11 Å². The Morgan fingerprint density at radius 3 is 2.50 bits per heavy atom. The molecule has 0 amide bonds. The van der Waals surface area contributed by atoms with Crippen LogP contribution in [0.1, 0.15) is 46.5 Å². The maximum absolute atomic E-state index is 12.2. The first-order valence-electron chi connectivity index (χ1n) is 7.25. The molecule has 1 fully saturated rings. The summed E-state index contributed by atoms with van der Waals surface area (Å²) in [6, 6.07) is 0. The van der Waals surface area contributed by atoms with E-state index in [1.807, 2.05) is 0 Å². The van der Waals surface area contributed by atoms with Crippen LogP contribution in [0.25, 0.3) is 0 Å². The van der Waals surface area contributed by atoms with Crippen molar-refractivity contribution >= 4 is 11.9 Å². The number of ether oxygens (including phenoxy) is 1. The minimum atomic E-state index is -0.997. The third-order valence-electron chi connectivity index (χ3n) is 5.50. The fraction of sp³-hybridized carbons (Fsp3) is 0.750. The zero-order valence-electron chi connectivity index (χ0n) is 12.7. The Morgan fingerprint density at radius 1 is 1.30 bits per heavy atom. The quantitative estimate of drug-likeness (QED) is 0.790.